The molecule has 0 spiro atoms. The number of hydrogen-bond donors (Lipinski definition) is 1. The van der Waals surface area contributed by atoms with Gasteiger partial charge < -0.3 is 9.88 Å². The summed E-state index contributed by atoms with van der Waals surface area (Å²) in [6.45, 7) is 2.03. The second-order valence-corrected chi connectivity index (χ2v) is 9.19. The number of nitriles is 1. The molecule has 0 saturated heterocycles. The van der Waals surface area contributed by atoms with Gasteiger partial charge >= 0.3 is 5.69 Å². The lowest BCUT2D eigenvalue weighted by atomic mass is 9.98. The molecule has 0 bridgehead atoms. The van der Waals surface area contributed by atoms with Gasteiger partial charge in [0.2, 0.25) is 0 Å². The lowest BCUT2D eigenvalue weighted by Gasteiger charge is -2.31. The van der Waals surface area contributed by atoms with Gasteiger partial charge in [-0.1, -0.05) is 54.1 Å². The molecule has 5 aromatic rings. The molecule has 7 heteroatoms. The smallest absolute Gasteiger partial charge is 0.331 e. The minimum absolute atomic E-state index is 0.332. The molecule has 1 aliphatic rings. The molecule has 3 aromatic carbocycles. The third kappa shape index (κ3) is 2.98. The van der Waals surface area contributed by atoms with Gasteiger partial charge in [0.25, 0.3) is 5.56 Å². The maximum absolute atomic E-state index is 13.7. The zero-order valence-corrected chi connectivity index (χ0v) is 20.1. The first-order chi connectivity index (χ1) is 17.4. The average molecular weight is 474 g/mol. The van der Waals surface area contributed by atoms with Crippen LogP contribution in [0.25, 0.3) is 27.8 Å². The molecule has 1 atom stereocenters. The summed E-state index contributed by atoms with van der Waals surface area (Å²) >= 11 is 0. The molecule has 1 N–H and O–H groups in total. The Morgan fingerprint density at radius 2 is 1.58 bits per heavy atom. The van der Waals surface area contributed by atoms with E-state index in [2.05, 4.69) is 16.0 Å². The Balaban J connectivity index is 1.83. The molecule has 0 saturated carbocycles. The van der Waals surface area contributed by atoms with E-state index in [0.29, 0.717) is 16.5 Å². The number of nitrogens with one attached hydrogen (secondary N) is 1. The summed E-state index contributed by atoms with van der Waals surface area (Å²) < 4.78 is 4.85. The third-order valence-corrected chi connectivity index (χ3v) is 7.02. The molecule has 1 aliphatic heterocycles. The Morgan fingerprint density at radius 3 is 2.28 bits per heavy atom. The topological polar surface area (TPSA) is 84.8 Å². The number of para-hydroxylation sites is 2. The maximum atomic E-state index is 13.7. The van der Waals surface area contributed by atoms with Crippen LogP contribution in [0.1, 0.15) is 28.4 Å². The summed E-state index contributed by atoms with van der Waals surface area (Å²) in [6.07, 6.45) is 0. The highest BCUT2D eigenvalue weighted by molar-refractivity contribution is 5.99. The minimum Gasteiger partial charge on any atom is -0.371 e. The lowest BCUT2D eigenvalue weighted by Crippen LogP contribution is -2.37. The van der Waals surface area contributed by atoms with Crippen molar-refractivity contribution in [1.29, 1.82) is 5.26 Å². The fourth-order valence-corrected chi connectivity index (χ4v) is 5.20. The van der Waals surface area contributed by atoms with Crippen LogP contribution in [0.2, 0.25) is 0 Å². The van der Waals surface area contributed by atoms with Gasteiger partial charge in [0.1, 0.15) is 0 Å². The fourth-order valence-electron chi connectivity index (χ4n) is 5.20. The Morgan fingerprint density at radius 1 is 0.889 bits per heavy atom. The minimum atomic E-state index is -0.381. The molecular weight excluding hydrogens is 450 g/mol. The summed E-state index contributed by atoms with van der Waals surface area (Å²) in [5.74, 6) is 0. The molecule has 0 unspecified atom stereocenters. The van der Waals surface area contributed by atoms with Crippen molar-refractivity contribution < 1.29 is 0 Å². The molecule has 6 rings (SSSR count). The van der Waals surface area contributed by atoms with E-state index in [1.54, 1.807) is 23.7 Å². The van der Waals surface area contributed by atoms with E-state index in [1.807, 2.05) is 67.6 Å². The van der Waals surface area contributed by atoms with Gasteiger partial charge in [-0.3, -0.25) is 13.9 Å². The normalized spacial score (nSPS) is 14.1. The fraction of sp³-hybridized carbons (Fsp3) is 0.138. The highest BCUT2D eigenvalue weighted by Crippen LogP contribution is 2.45. The molecule has 0 radical (unpaired) electrons. The van der Waals surface area contributed by atoms with Crippen molar-refractivity contribution in [1.82, 2.24) is 13.7 Å². The van der Waals surface area contributed by atoms with Crippen LogP contribution in [0.5, 0.6) is 0 Å². The lowest BCUT2D eigenvalue weighted by molar-refractivity contribution is 0.708. The number of hydrogen-bond acceptors (Lipinski definition) is 4. The van der Waals surface area contributed by atoms with Crippen LogP contribution in [-0.4, -0.2) is 13.7 Å². The average Bonchev–Trinajstić information content (AvgIpc) is 3.27. The second-order valence-electron chi connectivity index (χ2n) is 9.19. The van der Waals surface area contributed by atoms with E-state index in [4.69, 9.17) is 0 Å². The van der Waals surface area contributed by atoms with Gasteiger partial charge in [-0.05, 0) is 42.3 Å². The van der Waals surface area contributed by atoms with E-state index in [9.17, 15) is 14.9 Å². The number of fused-ring (bicyclic) bond motifs is 5. The highest BCUT2D eigenvalue weighted by atomic mass is 16.2. The quantitative estimate of drug-likeness (QED) is 0.412. The predicted molar refractivity (Wildman–Crippen MR) is 141 cm³/mol. The Bertz CT molecular complexity index is 1830. The number of nitrogens with zero attached hydrogens (tertiary/aromatic N) is 4. The van der Waals surface area contributed by atoms with Crippen LogP contribution in [0.4, 0.5) is 5.69 Å². The summed E-state index contributed by atoms with van der Waals surface area (Å²) in [5.41, 5.74) is 6.75. The van der Waals surface area contributed by atoms with E-state index in [-0.39, 0.29) is 17.3 Å². The number of rotatable bonds is 2. The van der Waals surface area contributed by atoms with Crippen molar-refractivity contribution in [2.45, 2.75) is 13.0 Å². The van der Waals surface area contributed by atoms with Crippen LogP contribution >= 0.6 is 0 Å². The predicted octanol–water partition coefficient (Wildman–Crippen LogP) is 4.39. The van der Waals surface area contributed by atoms with Gasteiger partial charge in [0.05, 0.1) is 51.3 Å². The summed E-state index contributed by atoms with van der Waals surface area (Å²) in [5, 5.41) is 13.4. The Labute approximate surface area is 207 Å². The first kappa shape index (κ1) is 21.7. The van der Waals surface area contributed by atoms with Crippen LogP contribution < -0.4 is 16.6 Å². The molecular formula is C29H23N5O2. The molecule has 2 aromatic heterocycles. The van der Waals surface area contributed by atoms with Gasteiger partial charge in [0, 0.05) is 14.1 Å². The standard InChI is InChI=1S/C29H23N5O2/c1-17-8-12-20(13-9-17)25-23-26(32(2)29(36)33(3)28(23)35)27-24(19-14-10-18(16-30)11-15-19)31-21-6-4-5-7-22(21)34(25)27/h4-15,24,31H,1-3H3/t24-/m1/s1. The summed E-state index contributed by atoms with van der Waals surface area (Å²) in [7, 11) is 3.23. The van der Waals surface area contributed by atoms with Crippen molar-refractivity contribution in [2.75, 3.05) is 5.32 Å². The monoisotopic (exact) mass is 473 g/mol. The Hall–Kier alpha value is -4.83. The molecule has 36 heavy (non-hydrogen) atoms. The zero-order chi connectivity index (χ0) is 25.1. The Kier molecular flexibility index (Phi) is 4.73. The van der Waals surface area contributed by atoms with Crippen LogP contribution in [0.15, 0.2) is 82.4 Å². The summed E-state index contributed by atoms with van der Waals surface area (Å²) in [6, 6.07) is 25.3. The van der Waals surface area contributed by atoms with E-state index < -0.39 is 0 Å². The van der Waals surface area contributed by atoms with Crippen LogP contribution in [-0.2, 0) is 14.1 Å². The van der Waals surface area contributed by atoms with E-state index in [0.717, 1.165) is 39.5 Å². The van der Waals surface area contributed by atoms with Crippen LogP contribution in [0, 0.1) is 18.3 Å². The van der Waals surface area contributed by atoms with Gasteiger partial charge in [-0.15, -0.1) is 0 Å². The summed E-state index contributed by atoms with van der Waals surface area (Å²) in [4.78, 5) is 26.8. The number of benzene rings is 3. The first-order valence-electron chi connectivity index (χ1n) is 11.7. The van der Waals surface area contributed by atoms with Crippen molar-refractivity contribution in [3.8, 4) is 23.0 Å². The van der Waals surface area contributed by atoms with Crippen molar-refractivity contribution >= 4 is 16.6 Å². The molecule has 7 nitrogen and oxygen atoms in total. The SMILES string of the molecule is Cc1ccc(-c2c3c(=O)n(C)c(=O)n(C)c3c3n2-c2ccccc2N[C@@H]3c2ccc(C#N)cc2)cc1. The molecule has 176 valence electrons. The molecule has 0 amide bonds. The van der Waals surface area contributed by atoms with Crippen molar-refractivity contribution in [2.24, 2.45) is 14.1 Å². The molecule has 0 fully saturated rings. The number of anilines is 1. The van der Waals surface area contributed by atoms with Crippen LogP contribution in [0.3, 0.4) is 0 Å². The third-order valence-electron chi connectivity index (χ3n) is 7.02. The van der Waals surface area contributed by atoms with E-state index in [1.165, 1.54) is 11.6 Å². The second kappa shape index (κ2) is 7.85. The maximum Gasteiger partial charge on any atom is 0.331 e. The van der Waals surface area contributed by atoms with Gasteiger partial charge in [-0.2, -0.15) is 5.26 Å². The first-order valence-corrected chi connectivity index (χ1v) is 11.7. The van der Waals surface area contributed by atoms with Gasteiger partial charge in [0.15, 0.2) is 0 Å². The number of aryl methyl sites for hydroxylation is 2. The van der Waals surface area contributed by atoms with E-state index >= 15 is 0 Å². The van der Waals surface area contributed by atoms with Gasteiger partial charge in [-0.25, -0.2) is 4.79 Å². The molecule has 0 aliphatic carbocycles. The van der Waals surface area contributed by atoms with Crippen molar-refractivity contribution in [3.63, 3.8) is 0 Å². The zero-order valence-electron chi connectivity index (χ0n) is 20.1. The molecule has 3 heterocycles. The highest BCUT2D eigenvalue weighted by Gasteiger charge is 2.34. The number of aromatic nitrogens is 3. The van der Waals surface area contributed by atoms with Crippen molar-refractivity contribution in [3.05, 3.63) is 116 Å². The largest absolute Gasteiger partial charge is 0.371 e.